The lowest BCUT2D eigenvalue weighted by molar-refractivity contribution is -0.109. The minimum atomic E-state index is 0.403. The van der Waals surface area contributed by atoms with Gasteiger partial charge in [0.05, 0.1) is 0 Å². The maximum absolute atomic E-state index is 8.94. The van der Waals surface area contributed by atoms with Gasteiger partial charge in [-0.05, 0) is 25.0 Å². The summed E-state index contributed by atoms with van der Waals surface area (Å²) in [6.07, 6.45) is 0.403. The van der Waals surface area contributed by atoms with E-state index < -0.39 is 0 Å². The van der Waals surface area contributed by atoms with Crippen molar-refractivity contribution in [3.8, 4) is 0 Å². The molecule has 0 saturated carbocycles. The molecule has 0 bridgehead atoms. The fraction of sp³-hybridized carbons (Fsp3) is 0.222. The van der Waals surface area contributed by atoms with Gasteiger partial charge in [0.1, 0.15) is 0 Å². The molecular formula is C9H14N2O. The Morgan fingerprint density at radius 1 is 1.25 bits per heavy atom. The van der Waals surface area contributed by atoms with Crippen molar-refractivity contribution in [2.24, 2.45) is 5.84 Å². The Hall–Kier alpha value is -1.35. The molecule has 3 nitrogen and oxygen atoms in total. The maximum Gasteiger partial charge on any atom is 0.221 e. The average Bonchev–Trinajstić information content (AvgIpc) is 2.11. The van der Waals surface area contributed by atoms with E-state index in [1.807, 2.05) is 0 Å². The van der Waals surface area contributed by atoms with Crippen molar-refractivity contribution >= 4 is 6.41 Å². The van der Waals surface area contributed by atoms with Crippen LogP contribution in [0.5, 0.6) is 0 Å². The van der Waals surface area contributed by atoms with Crippen molar-refractivity contribution in [1.29, 1.82) is 0 Å². The second-order valence-corrected chi connectivity index (χ2v) is 2.37. The van der Waals surface area contributed by atoms with Crippen LogP contribution < -0.4 is 11.3 Å². The zero-order chi connectivity index (χ0) is 9.40. The van der Waals surface area contributed by atoms with Gasteiger partial charge in [0.25, 0.3) is 0 Å². The smallest absolute Gasteiger partial charge is 0.221 e. The number of amides is 1. The molecule has 0 atom stereocenters. The van der Waals surface area contributed by atoms with Crippen LogP contribution in [0.2, 0.25) is 0 Å². The van der Waals surface area contributed by atoms with E-state index in [0.29, 0.717) is 6.41 Å². The number of rotatable bonds is 1. The molecule has 3 N–H and O–H groups in total. The van der Waals surface area contributed by atoms with Gasteiger partial charge in [0.15, 0.2) is 0 Å². The van der Waals surface area contributed by atoms with Gasteiger partial charge in [0, 0.05) is 0 Å². The number of hydrogen-bond donors (Lipinski definition) is 2. The molecule has 0 fully saturated rings. The Bertz CT molecular complexity index is 215. The predicted octanol–water partition coefficient (Wildman–Crippen LogP) is 0.910. The zero-order valence-electron chi connectivity index (χ0n) is 7.37. The van der Waals surface area contributed by atoms with E-state index in [9.17, 15) is 0 Å². The first-order valence-corrected chi connectivity index (χ1v) is 3.64. The number of nitrogens with one attached hydrogen (secondary N) is 1. The summed E-state index contributed by atoms with van der Waals surface area (Å²) in [6.45, 7) is 4.24. The van der Waals surface area contributed by atoms with Gasteiger partial charge in [-0.25, -0.2) is 5.84 Å². The quantitative estimate of drug-likeness (QED) is 0.282. The number of benzene rings is 1. The lowest BCUT2D eigenvalue weighted by Gasteiger charge is -1.93. The second-order valence-electron chi connectivity index (χ2n) is 2.37. The Labute approximate surface area is 72.6 Å². The monoisotopic (exact) mass is 166 g/mol. The van der Waals surface area contributed by atoms with Crippen LogP contribution in [-0.2, 0) is 4.79 Å². The maximum atomic E-state index is 8.94. The first kappa shape index (κ1) is 10.7. The van der Waals surface area contributed by atoms with Crippen LogP contribution in [0.4, 0.5) is 0 Å². The first-order chi connectivity index (χ1) is 5.72. The summed E-state index contributed by atoms with van der Waals surface area (Å²) in [5.74, 6) is 4.41. The highest BCUT2D eigenvalue weighted by Gasteiger charge is 1.83. The molecule has 1 rings (SSSR count). The molecule has 0 saturated heterocycles. The third-order valence-electron chi connectivity index (χ3n) is 1.49. The van der Waals surface area contributed by atoms with Gasteiger partial charge in [0.2, 0.25) is 6.41 Å². The van der Waals surface area contributed by atoms with Crippen molar-refractivity contribution in [3.05, 3.63) is 35.4 Å². The molecule has 12 heavy (non-hydrogen) atoms. The van der Waals surface area contributed by atoms with E-state index in [-0.39, 0.29) is 0 Å². The molecule has 1 amide bonds. The molecule has 0 heterocycles. The summed E-state index contributed by atoms with van der Waals surface area (Å²) in [7, 11) is 0. The molecule has 0 radical (unpaired) electrons. The van der Waals surface area contributed by atoms with Crippen LogP contribution in [-0.4, -0.2) is 6.41 Å². The Morgan fingerprint density at radius 3 is 1.75 bits per heavy atom. The zero-order valence-corrected chi connectivity index (χ0v) is 7.37. The van der Waals surface area contributed by atoms with Crippen LogP contribution in [0.1, 0.15) is 11.1 Å². The Balaban J connectivity index is 0.000000261. The molecule has 1 aromatic carbocycles. The van der Waals surface area contributed by atoms with Gasteiger partial charge < -0.3 is 0 Å². The highest BCUT2D eigenvalue weighted by Crippen LogP contribution is 2.02. The minimum absolute atomic E-state index is 0.403. The summed E-state index contributed by atoms with van der Waals surface area (Å²) in [5.41, 5.74) is 4.49. The van der Waals surface area contributed by atoms with E-state index in [4.69, 9.17) is 4.79 Å². The standard InChI is InChI=1S/C8H10.CH4N2O/c1-7-5-3-4-6-8(7)2;2-3-1-4/h3-6H,1-2H3;1H,2H2,(H,3,4). The topological polar surface area (TPSA) is 55.1 Å². The summed E-state index contributed by atoms with van der Waals surface area (Å²) >= 11 is 0. The average molecular weight is 166 g/mol. The van der Waals surface area contributed by atoms with Gasteiger partial charge in [-0.2, -0.15) is 0 Å². The van der Waals surface area contributed by atoms with Crippen LogP contribution >= 0.6 is 0 Å². The fourth-order valence-corrected chi connectivity index (χ4v) is 0.663. The third-order valence-corrected chi connectivity index (χ3v) is 1.49. The highest BCUT2D eigenvalue weighted by atomic mass is 16.1. The van der Waals surface area contributed by atoms with Crippen LogP contribution in [0.3, 0.4) is 0 Å². The van der Waals surface area contributed by atoms with E-state index in [1.54, 1.807) is 5.43 Å². The summed E-state index contributed by atoms with van der Waals surface area (Å²) in [5, 5.41) is 0. The highest BCUT2D eigenvalue weighted by molar-refractivity contribution is 5.44. The summed E-state index contributed by atoms with van der Waals surface area (Å²) in [4.78, 5) is 8.94. The molecule has 0 unspecified atom stereocenters. The molecule has 0 aliphatic heterocycles. The van der Waals surface area contributed by atoms with Crippen LogP contribution in [0.15, 0.2) is 24.3 Å². The molecule has 66 valence electrons. The number of carbonyl (C=O) groups is 1. The number of hydrogen-bond acceptors (Lipinski definition) is 2. The second kappa shape index (κ2) is 6.37. The van der Waals surface area contributed by atoms with Gasteiger partial charge in [-0.15, -0.1) is 0 Å². The number of aryl methyl sites for hydroxylation is 2. The number of hydrazine groups is 1. The predicted molar refractivity (Wildman–Crippen MR) is 49.3 cm³/mol. The fourth-order valence-electron chi connectivity index (χ4n) is 0.663. The van der Waals surface area contributed by atoms with Crippen molar-refractivity contribution in [2.45, 2.75) is 13.8 Å². The molecule has 0 aliphatic rings. The minimum Gasteiger partial charge on any atom is -0.297 e. The largest absolute Gasteiger partial charge is 0.297 e. The van der Waals surface area contributed by atoms with Crippen molar-refractivity contribution in [2.75, 3.05) is 0 Å². The molecule has 0 aliphatic carbocycles. The van der Waals surface area contributed by atoms with Crippen LogP contribution in [0, 0.1) is 13.8 Å². The number of nitrogens with two attached hydrogens (primary N) is 1. The van der Waals surface area contributed by atoms with Gasteiger partial charge >= 0.3 is 0 Å². The summed E-state index contributed by atoms with van der Waals surface area (Å²) < 4.78 is 0. The Kier molecular flexibility index (Phi) is 5.65. The van der Waals surface area contributed by atoms with Crippen LogP contribution in [0.25, 0.3) is 0 Å². The normalized spacial score (nSPS) is 7.92. The molecule has 1 aromatic rings. The van der Waals surface area contributed by atoms with Crippen molar-refractivity contribution in [1.82, 2.24) is 5.43 Å². The number of carbonyl (C=O) groups excluding carboxylic acids is 1. The van der Waals surface area contributed by atoms with Gasteiger partial charge in [-0.1, -0.05) is 24.3 Å². The lowest BCUT2D eigenvalue weighted by Crippen LogP contribution is -2.18. The lowest BCUT2D eigenvalue weighted by atomic mass is 10.1. The molecule has 3 heteroatoms. The van der Waals surface area contributed by atoms with E-state index in [2.05, 4.69) is 44.0 Å². The third kappa shape index (κ3) is 4.46. The van der Waals surface area contributed by atoms with Crippen molar-refractivity contribution in [3.63, 3.8) is 0 Å². The van der Waals surface area contributed by atoms with E-state index in [1.165, 1.54) is 11.1 Å². The van der Waals surface area contributed by atoms with E-state index >= 15 is 0 Å². The SMILES string of the molecule is Cc1ccccc1C.NNC=O. The van der Waals surface area contributed by atoms with Gasteiger partial charge in [-0.3, -0.25) is 10.2 Å². The first-order valence-electron chi connectivity index (χ1n) is 3.64. The van der Waals surface area contributed by atoms with E-state index in [0.717, 1.165) is 0 Å². The molecule has 0 aromatic heterocycles. The summed E-state index contributed by atoms with van der Waals surface area (Å²) in [6, 6.07) is 8.36. The Morgan fingerprint density at radius 2 is 1.58 bits per heavy atom. The molecule has 0 spiro atoms. The van der Waals surface area contributed by atoms with Crippen molar-refractivity contribution < 1.29 is 4.79 Å². The molecular weight excluding hydrogens is 152 g/mol.